The number of nitrogens with zero attached hydrogens (tertiary/aromatic N) is 3. The number of benzene rings is 4. The van der Waals surface area contributed by atoms with Crippen LogP contribution in [0.15, 0.2) is 102 Å². The van der Waals surface area contributed by atoms with E-state index in [9.17, 15) is 5.11 Å². The molecule has 0 amide bonds. The summed E-state index contributed by atoms with van der Waals surface area (Å²) in [6.45, 7) is 4.86. The fourth-order valence-electron chi connectivity index (χ4n) is 5.42. The van der Waals surface area contributed by atoms with E-state index >= 15 is 0 Å². The maximum absolute atomic E-state index is 11.5. The van der Waals surface area contributed by atoms with Gasteiger partial charge in [0.2, 0.25) is 0 Å². The van der Waals surface area contributed by atoms with Crippen molar-refractivity contribution in [3.05, 3.63) is 113 Å². The summed E-state index contributed by atoms with van der Waals surface area (Å²) in [4.78, 5) is 0. The van der Waals surface area contributed by atoms with Crippen LogP contribution in [0.1, 0.15) is 11.4 Å². The fourth-order valence-corrected chi connectivity index (χ4v) is 5.70. The third-order valence-electron chi connectivity index (χ3n) is 7.13. The zero-order chi connectivity index (χ0) is 25.5. The van der Waals surface area contributed by atoms with Crippen molar-refractivity contribution in [1.29, 1.82) is 0 Å². The molecule has 0 radical (unpaired) electrons. The van der Waals surface area contributed by atoms with Gasteiger partial charge in [-0.25, -0.2) is 0 Å². The van der Waals surface area contributed by atoms with Gasteiger partial charge in [0.05, 0.1) is 40.6 Å². The van der Waals surface area contributed by atoms with Gasteiger partial charge in [0.15, 0.2) is 0 Å². The molecule has 6 aromatic rings. The molecule has 5 heteroatoms. The molecule has 0 saturated heterocycles. The summed E-state index contributed by atoms with van der Waals surface area (Å²) in [5, 5.41) is 19.7. The first-order chi connectivity index (χ1) is 18.0. The normalized spacial score (nSPS) is 12.4. The first-order valence-electron chi connectivity index (χ1n) is 12.5. The molecule has 4 nitrogen and oxygen atoms in total. The minimum absolute atomic E-state index is 0.414. The molecular formula is C32H28BrN3O. The van der Waals surface area contributed by atoms with Crippen LogP contribution in [0.3, 0.4) is 0 Å². The Morgan fingerprint density at radius 3 is 2.08 bits per heavy atom. The quantitative estimate of drug-likeness (QED) is 0.230. The second-order valence-corrected chi connectivity index (χ2v) is 10.4. The highest BCUT2D eigenvalue weighted by atomic mass is 79.9. The largest absolute Gasteiger partial charge is 0.389 e. The zero-order valence-corrected chi connectivity index (χ0v) is 22.5. The predicted molar refractivity (Wildman–Crippen MR) is 156 cm³/mol. The monoisotopic (exact) mass is 549 g/mol. The number of aliphatic hydroxyl groups is 1. The molecule has 1 N–H and O–H groups in total. The standard InChI is InChI=1S/C32H28BrN3O/c1-21-30(33)22(2)36(34-21)20-26(37)19-35-31(25-14-7-4-8-15-25)29(24-12-5-3-6-13-24)28-18-17-23-11-9-10-16-27(23)32(28)35/h3-18,26,37H,19-20H2,1-2H3. The van der Waals surface area contributed by atoms with Gasteiger partial charge in [-0.05, 0) is 46.3 Å². The Balaban J connectivity index is 1.61. The molecule has 0 spiro atoms. The maximum atomic E-state index is 11.5. The van der Waals surface area contributed by atoms with Crippen molar-refractivity contribution >= 4 is 37.6 Å². The van der Waals surface area contributed by atoms with Crippen LogP contribution in [0.5, 0.6) is 0 Å². The first kappa shape index (κ1) is 23.7. The van der Waals surface area contributed by atoms with E-state index in [1.54, 1.807) is 0 Å². The van der Waals surface area contributed by atoms with Gasteiger partial charge in [-0.3, -0.25) is 4.68 Å². The van der Waals surface area contributed by atoms with Crippen molar-refractivity contribution in [2.45, 2.75) is 33.0 Å². The van der Waals surface area contributed by atoms with E-state index in [2.05, 4.69) is 117 Å². The Morgan fingerprint density at radius 2 is 1.41 bits per heavy atom. The lowest BCUT2D eigenvalue weighted by atomic mass is 9.97. The summed E-state index contributed by atoms with van der Waals surface area (Å²) in [5.41, 5.74) is 7.69. The molecule has 1 atom stereocenters. The molecule has 4 aromatic carbocycles. The minimum atomic E-state index is -0.634. The Kier molecular flexibility index (Phi) is 6.19. The lowest BCUT2D eigenvalue weighted by Gasteiger charge is -2.18. The van der Waals surface area contributed by atoms with Gasteiger partial charge in [-0.2, -0.15) is 5.10 Å². The summed E-state index contributed by atoms with van der Waals surface area (Å²) in [5.74, 6) is 0. The first-order valence-corrected chi connectivity index (χ1v) is 13.3. The number of rotatable bonds is 6. The molecule has 2 heterocycles. The van der Waals surface area contributed by atoms with E-state index in [4.69, 9.17) is 0 Å². The van der Waals surface area contributed by atoms with Crippen molar-refractivity contribution in [3.8, 4) is 22.4 Å². The SMILES string of the molecule is Cc1nn(CC(O)Cn2c(-c3ccccc3)c(-c3ccccc3)c3ccc4ccccc4c32)c(C)c1Br. The third-order valence-corrected chi connectivity index (χ3v) is 8.27. The summed E-state index contributed by atoms with van der Waals surface area (Å²) < 4.78 is 5.21. The van der Waals surface area contributed by atoms with Gasteiger partial charge in [0.1, 0.15) is 0 Å². The van der Waals surface area contributed by atoms with Gasteiger partial charge in [-0.15, -0.1) is 0 Å². The Morgan fingerprint density at radius 1 is 0.757 bits per heavy atom. The number of aromatic nitrogens is 3. The van der Waals surface area contributed by atoms with Crippen molar-refractivity contribution < 1.29 is 5.11 Å². The van der Waals surface area contributed by atoms with E-state index in [-0.39, 0.29) is 0 Å². The summed E-state index contributed by atoms with van der Waals surface area (Å²) >= 11 is 3.62. The van der Waals surface area contributed by atoms with Crippen LogP contribution < -0.4 is 0 Å². The van der Waals surface area contributed by atoms with Crippen molar-refractivity contribution in [1.82, 2.24) is 14.3 Å². The Hall–Kier alpha value is -3.67. The third kappa shape index (κ3) is 4.18. The van der Waals surface area contributed by atoms with Crippen molar-refractivity contribution in [2.75, 3.05) is 0 Å². The van der Waals surface area contributed by atoms with Gasteiger partial charge in [0, 0.05) is 22.0 Å². The van der Waals surface area contributed by atoms with E-state index in [0.29, 0.717) is 13.1 Å². The van der Waals surface area contributed by atoms with E-state index in [1.165, 1.54) is 21.7 Å². The second-order valence-electron chi connectivity index (χ2n) is 9.57. The molecule has 6 rings (SSSR count). The Bertz CT molecular complexity index is 1720. The molecule has 37 heavy (non-hydrogen) atoms. The van der Waals surface area contributed by atoms with E-state index < -0.39 is 6.10 Å². The van der Waals surface area contributed by atoms with Gasteiger partial charge >= 0.3 is 0 Å². The smallest absolute Gasteiger partial charge is 0.0914 e. The topological polar surface area (TPSA) is 43.0 Å². The minimum Gasteiger partial charge on any atom is -0.389 e. The van der Waals surface area contributed by atoms with Crippen LogP contribution in [-0.2, 0) is 13.1 Å². The summed E-state index contributed by atoms with van der Waals surface area (Å²) in [6.07, 6.45) is -0.634. The molecule has 0 aliphatic carbocycles. The molecule has 0 fully saturated rings. The highest BCUT2D eigenvalue weighted by Gasteiger charge is 2.23. The molecule has 2 aromatic heterocycles. The molecule has 0 aliphatic heterocycles. The molecule has 0 aliphatic rings. The number of hydrogen-bond acceptors (Lipinski definition) is 2. The van der Waals surface area contributed by atoms with Gasteiger partial charge in [0.25, 0.3) is 0 Å². The lowest BCUT2D eigenvalue weighted by molar-refractivity contribution is 0.131. The number of fused-ring (bicyclic) bond motifs is 3. The average Bonchev–Trinajstić information content (AvgIpc) is 3.38. The van der Waals surface area contributed by atoms with Crippen LogP contribution in [0, 0.1) is 13.8 Å². The highest BCUT2D eigenvalue weighted by Crippen LogP contribution is 2.43. The highest BCUT2D eigenvalue weighted by molar-refractivity contribution is 9.10. The second kappa shape index (κ2) is 9.66. The number of aliphatic hydroxyl groups excluding tert-OH is 1. The van der Waals surface area contributed by atoms with Crippen LogP contribution >= 0.6 is 15.9 Å². The molecule has 0 saturated carbocycles. The van der Waals surface area contributed by atoms with E-state index in [1.807, 2.05) is 24.6 Å². The predicted octanol–water partition coefficient (Wildman–Crippen LogP) is 7.77. The van der Waals surface area contributed by atoms with Crippen LogP contribution in [0.2, 0.25) is 0 Å². The van der Waals surface area contributed by atoms with E-state index in [0.717, 1.165) is 38.2 Å². The number of halogens is 1. The summed E-state index contributed by atoms with van der Waals surface area (Å²) in [7, 11) is 0. The van der Waals surface area contributed by atoms with Crippen LogP contribution in [0.25, 0.3) is 44.1 Å². The van der Waals surface area contributed by atoms with Crippen LogP contribution in [-0.4, -0.2) is 25.6 Å². The Labute approximate surface area is 224 Å². The zero-order valence-electron chi connectivity index (χ0n) is 20.9. The van der Waals surface area contributed by atoms with Crippen LogP contribution in [0.4, 0.5) is 0 Å². The molecule has 1 unspecified atom stereocenters. The fraction of sp³-hybridized carbons (Fsp3) is 0.156. The molecule has 0 bridgehead atoms. The number of hydrogen-bond donors (Lipinski definition) is 1. The lowest BCUT2D eigenvalue weighted by Crippen LogP contribution is -2.24. The van der Waals surface area contributed by atoms with Gasteiger partial charge in [-0.1, -0.05) is 97.1 Å². The van der Waals surface area contributed by atoms with Crippen molar-refractivity contribution in [3.63, 3.8) is 0 Å². The number of aryl methyl sites for hydroxylation is 1. The maximum Gasteiger partial charge on any atom is 0.0914 e. The summed E-state index contributed by atoms with van der Waals surface area (Å²) in [6, 6.07) is 34.0. The average molecular weight is 551 g/mol. The van der Waals surface area contributed by atoms with Crippen molar-refractivity contribution in [2.24, 2.45) is 0 Å². The molecular weight excluding hydrogens is 522 g/mol. The van der Waals surface area contributed by atoms with Gasteiger partial charge < -0.3 is 9.67 Å². The molecule has 184 valence electrons.